The van der Waals surface area contributed by atoms with Gasteiger partial charge in [-0.25, -0.2) is 5.43 Å². The minimum Gasteiger partial charge on any atom is -0.508 e. The maximum absolute atomic E-state index is 12.1. The highest BCUT2D eigenvalue weighted by atomic mass is 16.3. The molecule has 0 aliphatic carbocycles. The van der Waals surface area contributed by atoms with Gasteiger partial charge >= 0.3 is 0 Å². The van der Waals surface area contributed by atoms with Crippen LogP contribution in [0.1, 0.15) is 27.2 Å². The van der Waals surface area contributed by atoms with Gasteiger partial charge in [0.1, 0.15) is 11.4 Å². The lowest BCUT2D eigenvalue weighted by Crippen LogP contribution is -2.18. The van der Waals surface area contributed by atoms with Crippen LogP contribution < -0.4 is 5.43 Å². The summed E-state index contributed by atoms with van der Waals surface area (Å²) < 4.78 is 0. The van der Waals surface area contributed by atoms with Gasteiger partial charge in [-0.3, -0.25) is 9.89 Å². The summed E-state index contributed by atoms with van der Waals surface area (Å²) in [5.74, 6) is -0.151. The average Bonchev–Trinajstić information content (AvgIpc) is 3.08. The van der Waals surface area contributed by atoms with Gasteiger partial charge in [-0.1, -0.05) is 24.3 Å². The van der Waals surface area contributed by atoms with Gasteiger partial charge in [0.05, 0.1) is 11.9 Å². The van der Waals surface area contributed by atoms with Crippen LogP contribution in [0, 0.1) is 13.8 Å². The monoisotopic (exact) mass is 334 g/mol. The van der Waals surface area contributed by atoms with Crippen molar-refractivity contribution in [3.8, 4) is 17.0 Å². The van der Waals surface area contributed by atoms with Crippen LogP contribution >= 0.6 is 0 Å². The molecule has 1 aromatic heterocycles. The van der Waals surface area contributed by atoms with Crippen LogP contribution in [0.4, 0.5) is 0 Å². The Hall–Kier alpha value is -3.41. The second kappa shape index (κ2) is 7.00. The van der Waals surface area contributed by atoms with Gasteiger partial charge in [0, 0.05) is 5.56 Å². The number of aromatic nitrogens is 2. The van der Waals surface area contributed by atoms with E-state index in [1.54, 1.807) is 31.2 Å². The fraction of sp³-hybridized carbons (Fsp3) is 0.105. The number of carbonyl (C=O) groups excluding carboxylic acids is 1. The van der Waals surface area contributed by atoms with E-state index in [-0.39, 0.29) is 11.7 Å². The smallest absolute Gasteiger partial charge is 0.289 e. The molecule has 0 saturated heterocycles. The fourth-order valence-corrected chi connectivity index (χ4v) is 2.42. The van der Waals surface area contributed by atoms with E-state index in [2.05, 4.69) is 20.7 Å². The van der Waals surface area contributed by atoms with Crippen molar-refractivity contribution >= 4 is 12.1 Å². The Bertz CT molecular complexity index is 944. The Kier molecular flexibility index (Phi) is 4.61. The maximum Gasteiger partial charge on any atom is 0.289 e. The van der Waals surface area contributed by atoms with E-state index in [0.29, 0.717) is 11.4 Å². The Morgan fingerprint density at radius 3 is 2.72 bits per heavy atom. The summed E-state index contributed by atoms with van der Waals surface area (Å²) in [5.41, 5.74) is 7.08. The standard InChI is InChI=1S/C19H18N4O2/c1-12-5-3-4-6-15(12)16-10-17(22-21-16)19(25)23-20-11-14-7-8-18(24)13(2)9-14/h3-11,24H,1-2H3,(H,21,22)(H,23,25)/b20-11+. The Labute approximate surface area is 145 Å². The minimum absolute atomic E-state index is 0.224. The van der Waals surface area contributed by atoms with Gasteiger partial charge in [0.25, 0.3) is 5.91 Å². The molecule has 1 heterocycles. The summed E-state index contributed by atoms with van der Waals surface area (Å²) in [5, 5.41) is 20.3. The number of aromatic hydroxyl groups is 1. The van der Waals surface area contributed by atoms with Gasteiger partial charge in [-0.15, -0.1) is 0 Å². The second-order valence-corrected chi connectivity index (χ2v) is 5.73. The lowest BCUT2D eigenvalue weighted by atomic mass is 10.1. The molecule has 3 N–H and O–H groups in total. The lowest BCUT2D eigenvalue weighted by Gasteiger charge is -2.00. The SMILES string of the molecule is Cc1cc(/C=N/NC(=O)c2cc(-c3ccccc3C)n[nH]2)ccc1O. The lowest BCUT2D eigenvalue weighted by molar-refractivity contribution is 0.0950. The Morgan fingerprint density at radius 1 is 1.16 bits per heavy atom. The Morgan fingerprint density at radius 2 is 1.96 bits per heavy atom. The molecule has 0 atom stereocenters. The molecule has 1 amide bonds. The molecule has 0 saturated carbocycles. The highest BCUT2D eigenvalue weighted by molar-refractivity contribution is 5.94. The number of carbonyl (C=O) groups is 1. The van der Waals surface area contributed by atoms with E-state index in [9.17, 15) is 9.90 Å². The van der Waals surface area contributed by atoms with Crippen molar-refractivity contribution in [2.24, 2.45) is 5.10 Å². The number of aryl methyl sites for hydroxylation is 2. The predicted octanol–water partition coefficient (Wildman–Crippen LogP) is 3.16. The topological polar surface area (TPSA) is 90.4 Å². The second-order valence-electron chi connectivity index (χ2n) is 5.73. The van der Waals surface area contributed by atoms with Crippen molar-refractivity contribution in [2.75, 3.05) is 0 Å². The first-order chi connectivity index (χ1) is 12.0. The van der Waals surface area contributed by atoms with Crippen molar-refractivity contribution < 1.29 is 9.90 Å². The van der Waals surface area contributed by atoms with Crippen LogP contribution in [0.15, 0.2) is 53.6 Å². The van der Waals surface area contributed by atoms with Crippen molar-refractivity contribution in [1.29, 1.82) is 0 Å². The molecule has 0 spiro atoms. The summed E-state index contributed by atoms with van der Waals surface area (Å²) >= 11 is 0. The van der Waals surface area contributed by atoms with Crippen molar-refractivity contribution in [1.82, 2.24) is 15.6 Å². The molecule has 126 valence electrons. The van der Waals surface area contributed by atoms with Gasteiger partial charge in [-0.05, 0) is 54.8 Å². The van der Waals surface area contributed by atoms with Crippen LogP contribution in [0.25, 0.3) is 11.3 Å². The molecule has 3 aromatic rings. The number of phenolic OH excluding ortho intramolecular Hbond substituents is 1. The van der Waals surface area contributed by atoms with E-state index >= 15 is 0 Å². The van der Waals surface area contributed by atoms with Crippen LogP contribution in [0.3, 0.4) is 0 Å². The zero-order chi connectivity index (χ0) is 17.8. The number of hydrazone groups is 1. The van der Waals surface area contributed by atoms with Gasteiger partial charge in [0.2, 0.25) is 0 Å². The number of H-pyrrole nitrogens is 1. The fourth-order valence-electron chi connectivity index (χ4n) is 2.42. The van der Waals surface area contributed by atoms with Crippen LogP contribution in [-0.4, -0.2) is 27.4 Å². The molecular weight excluding hydrogens is 316 g/mol. The van der Waals surface area contributed by atoms with Crippen molar-refractivity contribution in [3.05, 3.63) is 70.9 Å². The first-order valence-corrected chi connectivity index (χ1v) is 7.79. The summed E-state index contributed by atoms with van der Waals surface area (Å²) in [6, 6.07) is 14.6. The minimum atomic E-state index is -0.376. The largest absolute Gasteiger partial charge is 0.508 e. The molecule has 0 aliphatic heterocycles. The number of rotatable bonds is 4. The number of aromatic amines is 1. The van der Waals surface area contributed by atoms with Gasteiger partial charge in [-0.2, -0.15) is 10.2 Å². The molecule has 6 heteroatoms. The first-order valence-electron chi connectivity index (χ1n) is 7.79. The number of nitrogens with zero attached hydrogens (tertiary/aromatic N) is 2. The molecule has 25 heavy (non-hydrogen) atoms. The normalized spacial score (nSPS) is 11.0. The first kappa shape index (κ1) is 16.4. The van der Waals surface area contributed by atoms with Crippen LogP contribution in [0.5, 0.6) is 5.75 Å². The van der Waals surface area contributed by atoms with Gasteiger partial charge < -0.3 is 5.11 Å². The van der Waals surface area contributed by atoms with E-state index in [4.69, 9.17) is 0 Å². The van der Waals surface area contributed by atoms with E-state index in [1.165, 1.54) is 6.21 Å². The number of hydrogen-bond acceptors (Lipinski definition) is 4. The van der Waals surface area contributed by atoms with E-state index in [0.717, 1.165) is 22.3 Å². The molecule has 0 bridgehead atoms. The zero-order valence-electron chi connectivity index (χ0n) is 13.9. The van der Waals surface area contributed by atoms with E-state index < -0.39 is 0 Å². The number of benzene rings is 2. The van der Waals surface area contributed by atoms with E-state index in [1.807, 2.05) is 31.2 Å². The van der Waals surface area contributed by atoms with Crippen LogP contribution in [-0.2, 0) is 0 Å². The van der Waals surface area contributed by atoms with Gasteiger partial charge in [0.15, 0.2) is 0 Å². The summed E-state index contributed by atoms with van der Waals surface area (Å²) in [4.78, 5) is 12.1. The molecule has 0 radical (unpaired) electrons. The number of hydrogen-bond donors (Lipinski definition) is 3. The quantitative estimate of drug-likeness (QED) is 0.505. The third-order valence-electron chi connectivity index (χ3n) is 3.84. The molecule has 6 nitrogen and oxygen atoms in total. The zero-order valence-corrected chi connectivity index (χ0v) is 13.9. The number of amides is 1. The maximum atomic E-state index is 12.1. The summed E-state index contributed by atoms with van der Waals surface area (Å²) in [6.07, 6.45) is 1.52. The molecular formula is C19H18N4O2. The predicted molar refractivity (Wildman–Crippen MR) is 96.7 cm³/mol. The molecule has 0 unspecified atom stereocenters. The highest BCUT2D eigenvalue weighted by Gasteiger charge is 2.11. The molecule has 0 fully saturated rings. The molecule has 2 aromatic carbocycles. The third kappa shape index (κ3) is 3.74. The molecule has 3 rings (SSSR count). The number of phenols is 1. The Balaban J connectivity index is 1.69. The highest BCUT2D eigenvalue weighted by Crippen LogP contribution is 2.21. The summed E-state index contributed by atoms with van der Waals surface area (Å²) in [6.45, 7) is 3.79. The molecule has 0 aliphatic rings. The van der Waals surface area contributed by atoms with Crippen LogP contribution in [0.2, 0.25) is 0 Å². The average molecular weight is 334 g/mol. The van der Waals surface area contributed by atoms with Crippen molar-refractivity contribution in [2.45, 2.75) is 13.8 Å². The summed E-state index contributed by atoms with van der Waals surface area (Å²) in [7, 11) is 0. The number of nitrogens with one attached hydrogen (secondary N) is 2. The third-order valence-corrected chi connectivity index (χ3v) is 3.84. The van der Waals surface area contributed by atoms with Crippen molar-refractivity contribution in [3.63, 3.8) is 0 Å².